The zero-order valence-corrected chi connectivity index (χ0v) is 15.5. The highest BCUT2D eigenvalue weighted by Gasteiger charge is 2.19. The van der Waals surface area contributed by atoms with E-state index in [1.165, 1.54) is 0 Å². The van der Waals surface area contributed by atoms with Crippen LogP contribution >= 0.6 is 0 Å². The summed E-state index contributed by atoms with van der Waals surface area (Å²) in [6.45, 7) is 0.936. The van der Waals surface area contributed by atoms with Crippen LogP contribution in [0.15, 0.2) is 48.5 Å². The number of nitrogens with two attached hydrogens (primary N) is 1. The molecule has 1 saturated heterocycles. The fourth-order valence-electron chi connectivity index (χ4n) is 2.98. The standard InChI is InChI=1S/C21H23N3O4/c22-19(25)12-14-28-18-10-6-16(7-11-18)23-21(27)15-4-8-17(9-5-15)24-13-2-1-3-20(24)26/h4-11H,1-3,12-14H2,(H2,22,25)(H,23,27). The molecule has 0 unspecified atom stereocenters. The number of primary amides is 1. The molecule has 1 aliphatic rings. The number of hydrogen-bond donors (Lipinski definition) is 2. The Bertz CT molecular complexity index is 847. The quantitative estimate of drug-likeness (QED) is 0.770. The number of amides is 3. The molecule has 0 atom stereocenters. The lowest BCUT2D eigenvalue weighted by Crippen LogP contribution is -2.35. The first kappa shape index (κ1) is 19.4. The molecule has 1 heterocycles. The minimum absolute atomic E-state index is 0.126. The third-order valence-electron chi connectivity index (χ3n) is 4.49. The zero-order chi connectivity index (χ0) is 19.9. The topological polar surface area (TPSA) is 102 Å². The number of benzene rings is 2. The number of piperidine rings is 1. The van der Waals surface area contributed by atoms with Crippen molar-refractivity contribution in [2.45, 2.75) is 25.7 Å². The van der Waals surface area contributed by atoms with Gasteiger partial charge in [0, 0.05) is 29.9 Å². The highest BCUT2D eigenvalue weighted by Crippen LogP contribution is 2.22. The average molecular weight is 381 g/mol. The summed E-state index contributed by atoms with van der Waals surface area (Å²) >= 11 is 0. The Morgan fingerprint density at radius 2 is 1.75 bits per heavy atom. The van der Waals surface area contributed by atoms with Gasteiger partial charge in [-0.2, -0.15) is 0 Å². The van der Waals surface area contributed by atoms with Crippen LogP contribution in [0.2, 0.25) is 0 Å². The molecule has 0 aromatic heterocycles. The van der Waals surface area contributed by atoms with Gasteiger partial charge in [0.1, 0.15) is 5.75 Å². The molecule has 2 aromatic carbocycles. The Hall–Kier alpha value is -3.35. The molecule has 2 aromatic rings. The maximum atomic E-state index is 12.4. The monoisotopic (exact) mass is 381 g/mol. The molecule has 3 amide bonds. The Kier molecular flexibility index (Phi) is 6.26. The second kappa shape index (κ2) is 9.03. The minimum atomic E-state index is -0.417. The normalized spacial score (nSPS) is 13.9. The van der Waals surface area contributed by atoms with Crippen molar-refractivity contribution >= 4 is 29.1 Å². The lowest BCUT2D eigenvalue weighted by atomic mass is 10.1. The number of nitrogens with zero attached hydrogens (tertiary/aromatic N) is 1. The smallest absolute Gasteiger partial charge is 0.255 e. The largest absolute Gasteiger partial charge is 0.493 e. The number of carbonyl (C=O) groups is 3. The molecule has 146 valence electrons. The molecule has 0 aliphatic carbocycles. The van der Waals surface area contributed by atoms with Crippen molar-refractivity contribution in [1.29, 1.82) is 0 Å². The molecular formula is C21H23N3O4. The summed E-state index contributed by atoms with van der Waals surface area (Å²) in [6, 6.07) is 13.9. The van der Waals surface area contributed by atoms with Crippen molar-refractivity contribution in [3.8, 4) is 5.75 Å². The SMILES string of the molecule is NC(=O)CCOc1ccc(NC(=O)c2ccc(N3CCCCC3=O)cc2)cc1. The third-order valence-corrected chi connectivity index (χ3v) is 4.49. The Morgan fingerprint density at radius 3 is 2.39 bits per heavy atom. The summed E-state index contributed by atoms with van der Waals surface area (Å²) in [5.41, 5.74) is 7.02. The van der Waals surface area contributed by atoms with Crippen LogP contribution in [0.5, 0.6) is 5.75 Å². The Morgan fingerprint density at radius 1 is 1.04 bits per heavy atom. The molecule has 0 bridgehead atoms. The van der Waals surface area contributed by atoms with E-state index in [9.17, 15) is 14.4 Å². The molecule has 1 fully saturated rings. The van der Waals surface area contributed by atoms with Crippen LogP contribution in [0.3, 0.4) is 0 Å². The summed E-state index contributed by atoms with van der Waals surface area (Å²) < 4.78 is 5.40. The van der Waals surface area contributed by atoms with Crippen LogP contribution in [0.1, 0.15) is 36.0 Å². The van der Waals surface area contributed by atoms with E-state index in [-0.39, 0.29) is 24.8 Å². The summed E-state index contributed by atoms with van der Waals surface area (Å²) in [4.78, 5) is 36.9. The van der Waals surface area contributed by atoms with Crippen molar-refractivity contribution in [2.24, 2.45) is 5.73 Å². The van der Waals surface area contributed by atoms with Crippen LogP contribution in [-0.2, 0) is 9.59 Å². The van der Waals surface area contributed by atoms with Gasteiger partial charge in [-0.25, -0.2) is 0 Å². The van der Waals surface area contributed by atoms with Gasteiger partial charge < -0.3 is 20.7 Å². The van der Waals surface area contributed by atoms with Gasteiger partial charge >= 0.3 is 0 Å². The highest BCUT2D eigenvalue weighted by atomic mass is 16.5. The Balaban J connectivity index is 1.57. The van der Waals surface area contributed by atoms with Gasteiger partial charge in [0.05, 0.1) is 13.0 Å². The molecule has 3 rings (SSSR count). The first-order valence-electron chi connectivity index (χ1n) is 9.26. The van der Waals surface area contributed by atoms with Crippen LogP contribution in [0.4, 0.5) is 11.4 Å². The van der Waals surface area contributed by atoms with E-state index in [0.717, 1.165) is 25.1 Å². The van der Waals surface area contributed by atoms with Crippen molar-refractivity contribution in [1.82, 2.24) is 0 Å². The van der Waals surface area contributed by atoms with Crippen LogP contribution in [0, 0.1) is 0 Å². The second-order valence-electron chi connectivity index (χ2n) is 6.59. The molecule has 0 saturated carbocycles. The molecule has 3 N–H and O–H groups in total. The predicted octanol–water partition coefficient (Wildman–Crippen LogP) is 2.71. The second-order valence-corrected chi connectivity index (χ2v) is 6.59. The summed E-state index contributed by atoms with van der Waals surface area (Å²) in [5.74, 6) is 0.0647. The first-order valence-corrected chi connectivity index (χ1v) is 9.26. The van der Waals surface area contributed by atoms with Crippen molar-refractivity contribution < 1.29 is 19.1 Å². The van der Waals surface area contributed by atoms with Crippen LogP contribution in [0.25, 0.3) is 0 Å². The third kappa shape index (κ3) is 5.09. The maximum absolute atomic E-state index is 12.4. The van der Waals surface area contributed by atoms with Gasteiger partial charge in [0.25, 0.3) is 5.91 Å². The molecule has 28 heavy (non-hydrogen) atoms. The summed E-state index contributed by atoms with van der Waals surface area (Å²) in [6.07, 6.45) is 2.66. The molecule has 0 spiro atoms. The summed E-state index contributed by atoms with van der Waals surface area (Å²) in [5, 5.41) is 2.82. The number of carbonyl (C=O) groups excluding carboxylic acids is 3. The number of anilines is 2. The van der Waals surface area contributed by atoms with E-state index >= 15 is 0 Å². The number of ether oxygens (including phenoxy) is 1. The molecule has 7 nitrogen and oxygen atoms in total. The first-order chi connectivity index (χ1) is 13.5. The van der Waals surface area contributed by atoms with E-state index in [0.29, 0.717) is 23.4 Å². The van der Waals surface area contributed by atoms with E-state index in [4.69, 9.17) is 10.5 Å². The maximum Gasteiger partial charge on any atom is 0.255 e. The van der Waals surface area contributed by atoms with Gasteiger partial charge in [-0.1, -0.05) is 0 Å². The van der Waals surface area contributed by atoms with Gasteiger partial charge in [0.15, 0.2) is 0 Å². The number of hydrogen-bond acceptors (Lipinski definition) is 4. The van der Waals surface area contributed by atoms with Gasteiger partial charge in [-0.3, -0.25) is 14.4 Å². The lowest BCUT2D eigenvalue weighted by molar-refractivity contribution is -0.120. The highest BCUT2D eigenvalue weighted by molar-refractivity contribution is 6.04. The molecular weight excluding hydrogens is 358 g/mol. The molecule has 7 heteroatoms. The van der Waals surface area contributed by atoms with E-state index in [1.54, 1.807) is 53.4 Å². The van der Waals surface area contributed by atoms with Gasteiger partial charge in [-0.05, 0) is 61.4 Å². The number of nitrogens with one attached hydrogen (secondary N) is 1. The van der Waals surface area contributed by atoms with Crippen molar-refractivity contribution in [2.75, 3.05) is 23.4 Å². The van der Waals surface area contributed by atoms with Crippen molar-refractivity contribution in [3.05, 3.63) is 54.1 Å². The van der Waals surface area contributed by atoms with Gasteiger partial charge in [-0.15, -0.1) is 0 Å². The van der Waals surface area contributed by atoms with Crippen molar-refractivity contribution in [3.63, 3.8) is 0 Å². The van der Waals surface area contributed by atoms with Crippen LogP contribution < -0.4 is 20.7 Å². The van der Waals surface area contributed by atoms with E-state index in [1.807, 2.05) is 0 Å². The number of rotatable bonds is 7. The minimum Gasteiger partial charge on any atom is -0.493 e. The molecule has 1 aliphatic heterocycles. The lowest BCUT2D eigenvalue weighted by Gasteiger charge is -2.26. The van der Waals surface area contributed by atoms with Crippen LogP contribution in [-0.4, -0.2) is 30.9 Å². The fourth-order valence-corrected chi connectivity index (χ4v) is 2.98. The average Bonchev–Trinajstić information content (AvgIpc) is 2.69. The van der Waals surface area contributed by atoms with E-state index < -0.39 is 5.91 Å². The molecule has 0 radical (unpaired) electrons. The van der Waals surface area contributed by atoms with E-state index in [2.05, 4.69) is 5.32 Å². The summed E-state index contributed by atoms with van der Waals surface area (Å²) in [7, 11) is 0. The van der Waals surface area contributed by atoms with Gasteiger partial charge in [0.2, 0.25) is 11.8 Å². The Labute approximate surface area is 163 Å². The fraction of sp³-hybridized carbons (Fsp3) is 0.286. The predicted molar refractivity (Wildman–Crippen MR) is 106 cm³/mol. The zero-order valence-electron chi connectivity index (χ0n) is 15.5.